The molecule has 1 aromatic rings. The summed E-state index contributed by atoms with van der Waals surface area (Å²) >= 11 is 0. The molecule has 2 aliphatic carbocycles. The van der Waals surface area contributed by atoms with Crippen molar-refractivity contribution in [1.82, 2.24) is 0 Å². The van der Waals surface area contributed by atoms with Gasteiger partial charge in [-0.25, -0.2) is 4.79 Å². The van der Waals surface area contributed by atoms with Gasteiger partial charge in [-0.3, -0.25) is 4.79 Å². The molecule has 0 radical (unpaired) electrons. The number of carbonyl (C=O) groups excluding carboxylic acids is 2. The van der Waals surface area contributed by atoms with Crippen LogP contribution in [0.4, 0.5) is 0 Å². The molecule has 1 saturated heterocycles. The fourth-order valence-corrected chi connectivity index (χ4v) is 5.34. The van der Waals surface area contributed by atoms with Gasteiger partial charge < -0.3 is 19.0 Å². The molecule has 26 heavy (non-hydrogen) atoms. The molecule has 0 unspecified atom stereocenters. The third-order valence-corrected chi connectivity index (χ3v) is 6.87. The van der Waals surface area contributed by atoms with Gasteiger partial charge in [0.1, 0.15) is 18.8 Å². The van der Waals surface area contributed by atoms with Crippen molar-refractivity contribution in [3.8, 4) is 0 Å². The molecule has 5 rings (SSSR count). The van der Waals surface area contributed by atoms with E-state index in [-0.39, 0.29) is 30.0 Å². The second-order valence-electron chi connectivity index (χ2n) is 7.94. The maximum atomic E-state index is 13.1. The first kappa shape index (κ1) is 15.9. The lowest BCUT2D eigenvalue weighted by molar-refractivity contribution is -0.166. The summed E-state index contributed by atoms with van der Waals surface area (Å²) in [5.41, 5.74) is 1.16. The first-order valence-electron chi connectivity index (χ1n) is 8.96. The molecule has 6 nitrogen and oxygen atoms in total. The van der Waals surface area contributed by atoms with Crippen molar-refractivity contribution in [2.24, 2.45) is 16.7 Å². The van der Waals surface area contributed by atoms with Crippen LogP contribution in [0.2, 0.25) is 0 Å². The highest BCUT2D eigenvalue weighted by Gasteiger charge is 2.79. The number of aliphatic hydroxyl groups is 1. The molecule has 0 bridgehead atoms. The SMILES string of the molecule is C[C@]12C[C@H](c3ccoc3)OC(=O)[C@]13CCC1=C(C(=O)OC1)[C@@H](O)C=C[C@@H]32. The molecule has 5 atom stereocenters. The number of esters is 2. The topological polar surface area (TPSA) is 86.0 Å². The van der Waals surface area contributed by atoms with E-state index in [1.165, 1.54) is 0 Å². The van der Waals surface area contributed by atoms with Crippen LogP contribution in [0.15, 0.2) is 46.3 Å². The Hall–Kier alpha value is -2.34. The standard InChI is InChI=1S/C20H20O6/c1-19-8-14(11-5-7-24-9-11)26-18(23)20(19)6-4-12-10-25-17(22)16(12)13(21)2-3-15(19)20/h2-3,5,7,9,13-15,21H,4,6,8,10H2,1H3/t13-,14+,15+,19+,20+/m0/s1. The first-order chi connectivity index (χ1) is 12.5. The number of fused-ring (bicyclic) bond motifs is 1. The van der Waals surface area contributed by atoms with Gasteiger partial charge in [0.05, 0.1) is 23.5 Å². The Kier molecular flexibility index (Phi) is 3.11. The Labute approximate surface area is 150 Å². The third-order valence-electron chi connectivity index (χ3n) is 6.87. The highest BCUT2D eigenvalue weighted by Crippen LogP contribution is 2.78. The molecule has 4 aliphatic rings. The lowest BCUT2D eigenvalue weighted by atomic mass is 9.81. The Bertz CT molecular complexity index is 850. The van der Waals surface area contributed by atoms with Crippen LogP contribution in [0.1, 0.15) is 37.9 Å². The Morgan fingerprint density at radius 1 is 1.27 bits per heavy atom. The van der Waals surface area contributed by atoms with Crippen molar-refractivity contribution in [3.05, 3.63) is 47.5 Å². The van der Waals surface area contributed by atoms with Crippen molar-refractivity contribution >= 4 is 11.9 Å². The minimum atomic E-state index is -0.984. The van der Waals surface area contributed by atoms with Gasteiger partial charge in [0.25, 0.3) is 0 Å². The van der Waals surface area contributed by atoms with Crippen molar-refractivity contribution in [2.45, 2.75) is 38.4 Å². The minimum Gasteiger partial charge on any atom is -0.472 e. The molecule has 1 N–H and O–H groups in total. The number of allylic oxidation sites excluding steroid dienone is 1. The molecule has 1 spiro atoms. The Morgan fingerprint density at radius 3 is 2.88 bits per heavy atom. The van der Waals surface area contributed by atoms with Gasteiger partial charge in [-0.15, -0.1) is 0 Å². The van der Waals surface area contributed by atoms with E-state index in [0.29, 0.717) is 24.8 Å². The second-order valence-corrected chi connectivity index (χ2v) is 7.94. The Balaban J connectivity index is 1.50. The zero-order valence-corrected chi connectivity index (χ0v) is 14.4. The number of aliphatic hydroxyl groups excluding tert-OH is 1. The summed E-state index contributed by atoms with van der Waals surface area (Å²) in [6.07, 6.45) is 7.29. The monoisotopic (exact) mass is 356 g/mol. The maximum Gasteiger partial charge on any atom is 0.337 e. The number of hydrogen-bond donors (Lipinski definition) is 1. The molecule has 0 amide bonds. The number of carbonyl (C=O) groups is 2. The van der Waals surface area contributed by atoms with Crippen LogP contribution in [-0.2, 0) is 19.1 Å². The van der Waals surface area contributed by atoms with Crippen LogP contribution in [0.25, 0.3) is 0 Å². The fourth-order valence-electron chi connectivity index (χ4n) is 5.34. The molecule has 2 aliphatic heterocycles. The van der Waals surface area contributed by atoms with E-state index in [0.717, 1.165) is 11.1 Å². The number of rotatable bonds is 1. The van der Waals surface area contributed by atoms with Gasteiger partial charge in [0, 0.05) is 11.5 Å². The van der Waals surface area contributed by atoms with Gasteiger partial charge in [-0.2, -0.15) is 0 Å². The summed E-state index contributed by atoms with van der Waals surface area (Å²) < 4.78 is 16.0. The molecule has 136 valence electrons. The highest BCUT2D eigenvalue weighted by molar-refractivity contribution is 5.93. The summed E-state index contributed by atoms with van der Waals surface area (Å²) in [6.45, 7) is 2.32. The van der Waals surface area contributed by atoms with Crippen molar-refractivity contribution in [3.63, 3.8) is 0 Å². The molecule has 2 fully saturated rings. The Morgan fingerprint density at radius 2 is 2.12 bits per heavy atom. The van der Waals surface area contributed by atoms with E-state index in [1.54, 1.807) is 18.6 Å². The molecule has 1 saturated carbocycles. The summed E-state index contributed by atoms with van der Waals surface area (Å²) in [6, 6.07) is 1.83. The van der Waals surface area contributed by atoms with Crippen molar-refractivity contribution < 1.29 is 28.6 Å². The molecular formula is C20H20O6. The zero-order chi connectivity index (χ0) is 18.1. The van der Waals surface area contributed by atoms with Crippen molar-refractivity contribution in [1.29, 1.82) is 0 Å². The summed E-state index contributed by atoms with van der Waals surface area (Å²) in [5.74, 6) is -0.666. The highest BCUT2D eigenvalue weighted by atomic mass is 16.6. The van der Waals surface area contributed by atoms with E-state index in [4.69, 9.17) is 13.9 Å². The van der Waals surface area contributed by atoms with E-state index < -0.39 is 17.5 Å². The minimum absolute atomic E-state index is 0.00917. The van der Waals surface area contributed by atoms with Crippen LogP contribution in [-0.4, -0.2) is 29.8 Å². The average molecular weight is 356 g/mol. The van der Waals surface area contributed by atoms with Crippen LogP contribution in [0, 0.1) is 16.7 Å². The fraction of sp³-hybridized carbons (Fsp3) is 0.500. The van der Waals surface area contributed by atoms with E-state index >= 15 is 0 Å². The number of hydrogen-bond acceptors (Lipinski definition) is 6. The van der Waals surface area contributed by atoms with Gasteiger partial charge in [-0.1, -0.05) is 19.1 Å². The second kappa shape index (κ2) is 5.10. The van der Waals surface area contributed by atoms with Crippen LogP contribution >= 0.6 is 0 Å². The number of cyclic esters (lactones) is 2. The van der Waals surface area contributed by atoms with Crippen molar-refractivity contribution in [2.75, 3.05) is 6.61 Å². The summed E-state index contributed by atoms with van der Waals surface area (Å²) in [7, 11) is 0. The normalized spacial score (nSPS) is 41.2. The van der Waals surface area contributed by atoms with E-state index in [9.17, 15) is 14.7 Å². The molecule has 3 heterocycles. The van der Waals surface area contributed by atoms with Gasteiger partial charge >= 0.3 is 11.9 Å². The smallest absolute Gasteiger partial charge is 0.337 e. The first-order valence-corrected chi connectivity index (χ1v) is 8.96. The molecular weight excluding hydrogens is 336 g/mol. The number of ether oxygens (including phenoxy) is 2. The summed E-state index contributed by atoms with van der Waals surface area (Å²) in [4.78, 5) is 25.0. The van der Waals surface area contributed by atoms with Gasteiger partial charge in [0.2, 0.25) is 0 Å². The average Bonchev–Trinajstić information content (AvgIpc) is 3.03. The molecule has 0 aromatic carbocycles. The molecule has 6 heteroatoms. The largest absolute Gasteiger partial charge is 0.472 e. The van der Waals surface area contributed by atoms with E-state index in [1.807, 2.05) is 12.1 Å². The van der Waals surface area contributed by atoms with Gasteiger partial charge in [0.15, 0.2) is 0 Å². The quantitative estimate of drug-likeness (QED) is 0.614. The third kappa shape index (κ3) is 1.85. The lowest BCUT2D eigenvalue weighted by Gasteiger charge is -2.32. The number of furan rings is 1. The summed E-state index contributed by atoms with van der Waals surface area (Å²) in [5, 5.41) is 10.4. The maximum absolute atomic E-state index is 13.1. The predicted molar refractivity (Wildman–Crippen MR) is 88.6 cm³/mol. The lowest BCUT2D eigenvalue weighted by Crippen LogP contribution is -2.33. The van der Waals surface area contributed by atoms with Crippen LogP contribution in [0.3, 0.4) is 0 Å². The van der Waals surface area contributed by atoms with Crippen LogP contribution in [0.5, 0.6) is 0 Å². The zero-order valence-electron chi connectivity index (χ0n) is 14.4. The predicted octanol–water partition coefficient (Wildman–Crippen LogP) is 2.45. The molecule has 1 aromatic heterocycles. The van der Waals surface area contributed by atoms with Crippen LogP contribution < -0.4 is 0 Å². The van der Waals surface area contributed by atoms with E-state index in [2.05, 4.69) is 6.92 Å². The van der Waals surface area contributed by atoms with Gasteiger partial charge in [-0.05, 0) is 36.3 Å².